The van der Waals surface area contributed by atoms with E-state index in [2.05, 4.69) is 10.3 Å². The molecule has 0 aliphatic heterocycles. The Morgan fingerprint density at radius 2 is 2.26 bits per heavy atom. The number of nitrogens with one attached hydrogen (secondary N) is 1. The minimum absolute atomic E-state index is 0.0875. The van der Waals surface area contributed by atoms with Gasteiger partial charge in [-0.3, -0.25) is 4.79 Å². The largest absolute Gasteiger partial charge is 0.396 e. The molecule has 1 aliphatic carbocycles. The standard InChI is InChI=1S/C14H16N2O2S/c17-8-7-10(9-5-6-9)15-13(18)14-16-11-3-1-2-4-12(11)19-14/h1-4,9-10,17H,5-8H2,(H,15,18). The van der Waals surface area contributed by atoms with Crippen molar-refractivity contribution in [2.75, 3.05) is 6.61 Å². The van der Waals surface area contributed by atoms with Crippen molar-refractivity contribution < 1.29 is 9.90 Å². The number of benzene rings is 1. The summed E-state index contributed by atoms with van der Waals surface area (Å²) in [5.41, 5.74) is 0.864. The van der Waals surface area contributed by atoms with Crippen LogP contribution in [0.5, 0.6) is 0 Å². The number of aromatic nitrogens is 1. The van der Waals surface area contributed by atoms with Crippen LogP contribution >= 0.6 is 11.3 Å². The van der Waals surface area contributed by atoms with E-state index >= 15 is 0 Å². The zero-order valence-corrected chi connectivity index (χ0v) is 11.3. The zero-order chi connectivity index (χ0) is 13.2. The number of amides is 1. The Hall–Kier alpha value is -1.46. The number of para-hydroxylation sites is 1. The quantitative estimate of drug-likeness (QED) is 0.880. The molecule has 1 aromatic carbocycles. The van der Waals surface area contributed by atoms with Gasteiger partial charge in [0.05, 0.1) is 10.2 Å². The molecule has 19 heavy (non-hydrogen) atoms. The van der Waals surface area contributed by atoms with Gasteiger partial charge in [-0.25, -0.2) is 4.98 Å². The van der Waals surface area contributed by atoms with Gasteiger partial charge in [-0.2, -0.15) is 0 Å². The summed E-state index contributed by atoms with van der Waals surface area (Å²) in [6, 6.07) is 7.83. The number of rotatable bonds is 5. The Kier molecular flexibility index (Phi) is 3.48. The maximum absolute atomic E-state index is 12.2. The van der Waals surface area contributed by atoms with Crippen LogP contribution in [0, 0.1) is 5.92 Å². The normalized spacial score (nSPS) is 16.5. The van der Waals surface area contributed by atoms with E-state index in [1.807, 2.05) is 24.3 Å². The summed E-state index contributed by atoms with van der Waals surface area (Å²) >= 11 is 1.41. The summed E-state index contributed by atoms with van der Waals surface area (Å²) in [5, 5.41) is 12.6. The first-order chi connectivity index (χ1) is 9.28. The van der Waals surface area contributed by atoms with Gasteiger partial charge in [0.1, 0.15) is 0 Å². The van der Waals surface area contributed by atoms with Crippen LogP contribution in [0.2, 0.25) is 0 Å². The summed E-state index contributed by atoms with van der Waals surface area (Å²) in [4.78, 5) is 16.5. The Morgan fingerprint density at radius 3 is 2.95 bits per heavy atom. The van der Waals surface area contributed by atoms with E-state index in [1.54, 1.807) is 0 Å². The number of carbonyl (C=O) groups excluding carboxylic acids is 1. The molecule has 1 heterocycles. The lowest BCUT2D eigenvalue weighted by molar-refractivity contribution is 0.0924. The van der Waals surface area contributed by atoms with Crippen molar-refractivity contribution >= 4 is 27.5 Å². The van der Waals surface area contributed by atoms with Gasteiger partial charge in [0.2, 0.25) is 0 Å². The second kappa shape index (κ2) is 5.27. The van der Waals surface area contributed by atoms with Crippen molar-refractivity contribution in [3.05, 3.63) is 29.3 Å². The highest BCUT2D eigenvalue weighted by molar-refractivity contribution is 7.20. The Labute approximate surface area is 115 Å². The lowest BCUT2D eigenvalue weighted by Crippen LogP contribution is -2.37. The average molecular weight is 276 g/mol. The molecule has 1 atom stereocenters. The van der Waals surface area contributed by atoms with Crippen LogP contribution in [0.15, 0.2) is 24.3 Å². The molecule has 0 radical (unpaired) electrons. The van der Waals surface area contributed by atoms with Crippen LogP contribution in [-0.2, 0) is 0 Å². The van der Waals surface area contributed by atoms with E-state index in [1.165, 1.54) is 11.3 Å². The first-order valence-corrected chi connectivity index (χ1v) is 7.37. The molecule has 0 bridgehead atoms. The van der Waals surface area contributed by atoms with Crippen molar-refractivity contribution in [1.82, 2.24) is 10.3 Å². The molecule has 3 rings (SSSR count). The van der Waals surface area contributed by atoms with Crippen LogP contribution < -0.4 is 5.32 Å². The molecule has 5 heteroatoms. The number of hydrogen-bond acceptors (Lipinski definition) is 4. The Balaban J connectivity index is 1.75. The van der Waals surface area contributed by atoms with E-state index < -0.39 is 0 Å². The maximum Gasteiger partial charge on any atom is 0.280 e. The molecule has 1 unspecified atom stereocenters. The topological polar surface area (TPSA) is 62.2 Å². The molecule has 4 nitrogen and oxygen atoms in total. The van der Waals surface area contributed by atoms with Crippen LogP contribution in [0.4, 0.5) is 0 Å². The second-order valence-corrected chi connectivity index (χ2v) is 5.95. The fraction of sp³-hybridized carbons (Fsp3) is 0.429. The minimum Gasteiger partial charge on any atom is -0.396 e. The van der Waals surface area contributed by atoms with Gasteiger partial charge in [0, 0.05) is 12.6 Å². The van der Waals surface area contributed by atoms with Crippen molar-refractivity contribution in [2.45, 2.75) is 25.3 Å². The van der Waals surface area contributed by atoms with Gasteiger partial charge in [-0.1, -0.05) is 12.1 Å². The van der Waals surface area contributed by atoms with Crippen molar-refractivity contribution in [2.24, 2.45) is 5.92 Å². The molecule has 2 aromatic rings. The monoisotopic (exact) mass is 276 g/mol. The van der Waals surface area contributed by atoms with Crippen LogP contribution in [0.1, 0.15) is 29.1 Å². The number of nitrogens with zero attached hydrogens (tertiary/aromatic N) is 1. The highest BCUT2D eigenvalue weighted by atomic mass is 32.1. The van der Waals surface area contributed by atoms with Crippen molar-refractivity contribution in [3.8, 4) is 0 Å². The predicted molar refractivity (Wildman–Crippen MR) is 75.3 cm³/mol. The predicted octanol–water partition coefficient (Wildman–Crippen LogP) is 2.19. The minimum atomic E-state index is -0.119. The summed E-state index contributed by atoms with van der Waals surface area (Å²) < 4.78 is 1.03. The van der Waals surface area contributed by atoms with Gasteiger partial charge in [-0.15, -0.1) is 11.3 Å². The third-order valence-electron chi connectivity index (χ3n) is 3.44. The zero-order valence-electron chi connectivity index (χ0n) is 10.5. The van der Waals surface area contributed by atoms with E-state index in [-0.39, 0.29) is 18.6 Å². The third kappa shape index (κ3) is 2.77. The van der Waals surface area contributed by atoms with Crippen LogP contribution in [0.25, 0.3) is 10.2 Å². The molecule has 1 aliphatic rings. The van der Waals surface area contributed by atoms with Crippen LogP contribution in [-0.4, -0.2) is 28.6 Å². The van der Waals surface area contributed by atoms with E-state index in [0.717, 1.165) is 23.1 Å². The van der Waals surface area contributed by atoms with Gasteiger partial charge in [0.15, 0.2) is 5.01 Å². The van der Waals surface area contributed by atoms with Gasteiger partial charge in [0.25, 0.3) is 5.91 Å². The van der Waals surface area contributed by atoms with E-state index in [0.29, 0.717) is 17.3 Å². The summed E-state index contributed by atoms with van der Waals surface area (Å²) in [7, 11) is 0. The Bertz CT molecular complexity index is 559. The molecule has 1 aromatic heterocycles. The first kappa shape index (κ1) is 12.6. The highest BCUT2D eigenvalue weighted by Gasteiger charge is 2.32. The molecule has 1 fully saturated rings. The van der Waals surface area contributed by atoms with Gasteiger partial charge < -0.3 is 10.4 Å². The number of aliphatic hydroxyl groups is 1. The third-order valence-corrected chi connectivity index (χ3v) is 4.47. The molecular formula is C14H16N2O2S. The molecule has 2 N–H and O–H groups in total. The SMILES string of the molecule is O=C(NC(CCO)C1CC1)c1nc2ccccc2s1. The molecule has 1 saturated carbocycles. The number of hydrogen-bond donors (Lipinski definition) is 2. The van der Waals surface area contributed by atoms with E-state index in [9.17, 15) is 4.79 Å². The lowest BCUT2D eigenvalue weighted by Gasteiger charge is -2.15. The average Bonchev–Trinajstić information content (AvgIpc) is 3.16. The Morgan fingerprint density at radius 1 is 1.47 bits per heavy atom. The molecular weight excluding hydrogens is 260 g/mol. The van der Waals surface area contributed by atoms with Gasteiger partial charge in [-0.05, 0) is 37.3 Å². The summed E-state index contributed by atoms with van der Waals surface area (Å²) in [6.45, 7) is 0.112. The first-order valence-electron chi connectivity index (χ1n) is 6.55. The highest BCUT2D eigenvalue weighted by Crippen LogP contribution is 2.34. The molecule has 100 valence electrons. The fourth-order valence-corrected chi connectivity index (χ4v) is 3.13. The number of aliphatic hydroxyl groups excluding tert-OH is 1. The van der Waals surface area contributed by atoms with Crippen molar-refractivity contribution in [3.63, 3.8) is 0 Å². The second-order valence-electron chi connectivity index (χ2n) is 4.92. The fourth-order valence-electron chi connectivity index (χ4n) is 2.26. The van der Waals surface area contributed by atoms with Crippen molar-refractivity contribution in [1.29, 1.82) is 0 Å². The summed E-state index contributed by atoms with van der Waals surface area (Å²) in [6.07, 6.45) is 2.91. The molecule has 1 amide bonds. The smallest absolute Gasteiger partial charge is 0.280 e. The van der Waals surface area contributed by atoms with E-state index in [4.69, 9.17) is 5.11 Å². The molecule has 0 spiro atoms. The van der Waals surface area contributed by atoms with Gasteiger partial charge >= 0.3 is 0 Å². The number of fused-ring (bicyclic) bond motifs is 1. The number of carbonyl (C=O) groups is 1. The van der Waals surface area contributed by atoms with Crippen LogP contribution in [0.3, 0.4) is 0 Å². The molecule has 0 saturated heterocycles. The number of thiazole rings is 1. The maximum atomic E-state index is 12.2. The lowest BCUT2D eigenvalue weighted by atomic mass is 10.1. The summed E-state index contributed by atoms with van der Waals surface area (Å²) in [5.74, 6) is 0.414.